The van der Waals surface area contributed by atoms with Gasteiger partial charge in [-0.05, 0) is 42.0 Å². The molecule has 68 valence electrons. The summed E-state index contributed by atoms with van der Waals surface area (Å²) in [5, 5.41) is 17.7. The second-order valence-corrected chi connectivity index (χ2v) is 3.90. The molecule has 0 radical (unpaired) electrons. The van der Waals surface area contributed by atoms with E-state index in [9.17, 15) is 0 Å². The quantitative estimate of drug-likeness (QED) is 0.617. The van der Waals surface area contributed by atoms with E-state index in [4.69, 9.17) is 10.5 Å². The van der Waals surface area contributed by atoms with Crippen molar-refractivity contribution in [3.8, 4) is 12.1 Å². The minimum atomic E-state index is 0.514. The van der Waals surface area contributed by atoms with E-state index in [1.807, 2.05) is 12.1 Å². The molecule has 0 spiro atoms. The zero-order valence-corrected chi connectivity index (χ0v) is 8.04. The first-order valence-corrected chi connectivity index (χ1v) is 4.70. The minimum absolute atomic E-state index is 0.514. The maximum absolute atomic E-state index is 8.85. The van der Waals surface area contributed by atoms with Crippen LogP contribution in [-0.2, 0) is 12.8 Å². The molecule has 0 unspecified atom stereocenters. The van der Waals surface area contributed by atoms with Crippen molar-refractivity contribution in [2.75, 3.05) is 0 Å². The van der Waals surface area contributed by atoms with E-state index in [1.165, 1.54) is 11.1 Å². The first-order valence-electron chi connectivity index (χ1n) is 4.70. The lowest BCUT2D eigenvalue weighted by Gasteiger charge is -2.00. The van der Waals surface area contributed by atoms with Crippen LogP contribution in [0.15, 0.2) is 12.1 Å². The Morgan fingerprint density at radius 1 is 1.07 bits per heavy atom. The number of hydrogen-bond acceptors (Lipinski definition) is 2. The van der Waals surface area contributed by atoms with Gasteiger partial charge in [-0.15, -0.1) is 0 Å². The van der Waals surface area contributed by atoms with Crippen LogP contribution in [0, 0.1) is 28.6 Å². The van der Waals surface area contributed by atoms with Crippen molar-refractivity contribution in [2.45, 2.75) is 19.8 Å². The van der Waals surface area contributed by atoms with E-state index in [2.05, 4.69) is 19.1 Å². The Bertz CT molecular complexity index is 417. The molecule has 0 atom stereocenters. The molecule has 0 heterocycles. The highest BCUT2D eigenvalue weighted by molar-refractivity contribution is 5.51. The van der Waals surface area contributed by atoms with Crippen LogP contribution in [0.2, 0.25) is 0 Å². The maximum atomic E-state index is 8.85. The molecule has 2 nitrogen and oxygen atoms in total. The Labute approximate surface area is 83.4 Å². The van der Waals surface area contributed by atoms with Crippen LogP contribution in [0.5, 0.6) is 0 Å². The molecule has 0 aliphatic heterocycles. The smallest absolute Gasteiger partial charge is 0.101 e. The average molecular weight is 182 g/mol. The maximum Gasteiger partial charge on any atom is 0.101 e. The van der Waals surface area contributed by atoms with Crippen LogP contribution >= 0.6 is 0 Å². The Morgan fingerprint density at radius 2 is 1.50 bits per heavy atom. The van der Waals surface area contributed by atoms with E-state index in [-0.39, 0.29) is 0 Å². The van der Waals surface area contributed by atoms with Gasteiger partial charge in [-0.1, -0.05) is 6.92 Å². The highest BCUT2D eigenvalue weighted by Crippen LogP contribution is 2.28. The standard InChI is InChI=1S/C12H10N2/c1-8-2-9-4-11(6-13)12(7-14)5-10(9)3-8/h4-5,8H,2-3H2,1H3. The van der Waals surface area contributed by atoms with Crippen LogP contribution in [0.3, 0.4) is 0 Å². The summed E-state index contributed by atoms with van der Waals surface area (Å²) in [4.78, 5) is 0. The van der Waals surface area contributed by atoms with E-state index in [1.54, 1.807) is 0 Å². The van der Waals surface area contributed by atoms with Crippen LogP contribution in [0.4, 0.5) is 0 Å². The number of benzene rings is 1. The van der Waals surface area contributed by atoms with Gasteiger partial charge in [-0.3, -0.25) is 0 Å². The van der Waals surface area contributed by atoms with E-state index in [0.29, 0.717) is 17.0 Å². The molecular weight excluding hydrogens is 172 g/mol. The minimum Gasteiger partial charge on any atom is -0.192 e. The van der Waals surface area contributed by atoms with Gasteiger partial charge in [-0.25, -0.2) is 0 Å². The van der Waals surface area contributed by atoms with Crippen molar-refractivity contribution in [3.05, 3.63) is 34.4 Å². The van der Waals surface area contributed by atoms with Crippen molar-refractivity contribution in [2.24, 2.45) is 5.92 Å². The molecule has 1 aromatic rings. The van der Waals surface area contributed by atoms with E-state index in [0.717, 1.165) is 12.8 Å². The van der Waals surface area contributed by atoms with Gasteiger partial charge in [0.05, 0.1) is 11.1 Å². The Hall–Kier alpha value is -1.80. The average Bonchev–Trinajstić information content (AvgIpc) is 2.54. The fourth-order valence-corrected chi connectivity index (χ4v) is 2.08. The Balaban J connectivity index is 2.57. The second-order valence-electron chi connectivity index (χ2n) is 3.90. The van der Waals surface area contributed by atoms with Crippen LogP contribution in [-0.4, -0.2) is 0 Å². The molecule has 14 heavy (non-hydrogen) atoms. The molecular formula is C12H10N2. The predicted molar refractivity (Wildman–Crippen MR) is 52.4 cm³/mol. The molecule has 0 saturated carbocycles. The van der Waals surface area contributed by atoms with Crippen LogP contribution in [0.25, 0.3) is 0 Å². The van der Waals surface area contributed by atoms with Gasteiger partial charge >= 0.3 is 0 Å². The van der Waals surface area contributed by atoms with E-state index < -0.39 is 0 Å². The summed E-state index contributed by atoms with van der Waals surface area (Å²) < 4.78 is 0. The summed E-state index contributed by atoms with van der Waals surface area (Å²) in [5.41, 5.74) is 3.52. The molecule has 0 fully saturated rings. The van der Waals surface area contributed by atoms with E-state index >= 15 is 0 Å². The lowest BCUT2D eigenvalue weighted by Crippen LogP contribution is -1.89. The molecule has 0 saturated heterocycles. The normalized spacial score (nSPS) is 14.5. The number of nitrogens with zero attached hydrogens (tertiary/aromatic N) is 2. The molecule has 1 aromatic carbocycles. The van der Waals surface area contributed by atoms with Crippen molar-refractivity contribution in [3.63, 3.8) is 0 Å². The second kappa shape index (κ2) is 3.16. The topological polar surface area (TPSA) is 47.6 Å². The van der Waals surface area contributed by atoms with Gasteiger partial charge in [-0.2, -0.15) is 10.5 Å². The summed E-state index contributed by atoms with van der Waals surface area (Å²) >= 11 is 0. The van der Waals surface area contributed by atoms with Crippen molar-refractivity contribution in [1.82, 2.24) is 0 Å². The number of nitriles is 2. The SMILES string of the molecule is CC1Cc2cc(C#N)c(C#N)cc2C1. The van der Waals surface area contributed by atoms with Gasteiger partial charge < -0.3 is 0 Å². The Kier molecular flexibility index (Phi) is 1.98. The first kappa shape index (κ1) is 8.78. The monoisotopic (exact) mass is 182 g/mol. The summed E-state index contributed by atoms with van der Waals surface area (Å²) in [5.74, 6) is 0.644. The predicted octanol–water partition coefficient (Wildman–Crippen LogP) is 2.16. The summed E-state index contributed by atoms with van der Waals surface area (Å²) in [6, 6.07) is 7.88. The third-order valence-corrected chi connectivity index (χ3v) is 2.72. The molecule has 2 heteroatoms. The fourth-order valence-electron chi connectivity index (χ4n) is 2.08. The lowest BCUT2D eigenvalue weighted by atomic mass is 10.0. The van der Waals surface area contributed by atoms with Gasteiger partial charge in [0, 0.05) is 0 Å². The molecule has 0 bridgehead atoms. The zero-order chi connectivity index (χ0) is 10.1. The molecule has 1 aliphatic rings. The lowest BCUT2D eigenvalue weighted by molar-refractivity contribution is 0.628. The van der Waals surface area contributed by atoms with Gasteiger partial charge in [0.2, 0.25) is 0 Å². The van der Waals surface area contributed by atoms with Crippen molar-refractivity contribution < 1.29 is 0 Å². The molecule has 0 amide bonds. The van der Waals surface area contributed by atoms with Gasteiger partial charge in [0.15, 0.2) is 0 Å². The third-order valence-electron chi connectivity index (χ3n) is 2.72. The molecule has 0 aromatic heterocycles. The van der Waals surface area contributed by atoms with Crippen LogP contribution in [0.1, 0.15) is 29.2 Å². The van der Waals surface area contributed by atoms with Crippen LogP contribution < -0.4 is 0 Å². The summed E-state index contributed by atoms with van der Waals surface area (Å²) in [6.45, 7) is 2.19. The highest BCUT2D eigenvalue weighted by atomic mass is 14.3. The molecule has 1 aliphatic carbocycles. The van der Waals surface area contributed by atoms with Crippen molar-refractivity contribution >= 4 is 0 Å². The van der Waals surface area contributed by atoms with Gasteiger partial charge in [0.1, 0.15) is 12.1 Å². The zero-order valence-electron chi connectivity index (χ0n) is 8.04. The summed E-state index contributed by atoms with van der Waals surface area (Å²) in [6.07, 6.45) is 2.07. The highest BCUT2D eigenvalue weighted by Gasteiger charge is 2.19. The molecule has 2 rings (SSSR count). The number of hydrogen-bond donors (Lipinski definition) is 0. The van der Waals surface area contributed by atoms with Crippen molar-refractivity contribution in [1.29, 1.82) is 10.5 Å². The van der Waals surface area contributed by atoms with Gasteiger partial charge in [0.25, 0.3) is 0 Å². The Morgan fingerprint density at radius 3 is 1.86 bits per heavy atom. The molecule has 0 N–H and O–H groups in total. The fraction of sp³-hybridized carbons (Fsp3) is 0.333. The number of fused-ring (bicyclic) bond motifs is 1. The third kappa shape index (κ3) is 1.26. The number of rotatable bonds is 0. The summed E-state index contributed by atoms with van der Waals surface area (Å²) in [7, 11) is 0. The largest absolute Gasteiger partial charge is 0.192 e. The first-order chi connectivity index (χ1) is 6.74.